The second-order valence-electron chi connectivity index (χ2n) is 6.47. The van der Waals surface area contributed by atoms with Crippen molar-refractivity contribution < 1.29 is 17.6 Å². The number of hydrogen-bond donors (Lipinski definition) is 1. The monoisotopic (exact) mass is 410 g/mol. The Morgan fingerprint density at radius 3 is 2.59 bits per heavy atom. The quantitative estimate of drug-likeness (QED) is 0.823. The first kappa shape index (κ1) is 19.8. The Hall–Kier alpha value is -1.96. The van der Waals surface area contributed by atoms with E-state index in [1.165, 1.54) is 16.4 Å². The topological polar surface area (TPSA) is 66.5 Å². The molecule has 1 aliphatic heterocycles. The van der Waals surface area contributed by atoms with E-state index in [0.717, 1.165) is 17.7 Å². The number of rotatable bonds is 5. The van der Waals surface area contributed by atoms with Gasteiger partial charge in [0.15, 0.2) is 0 Å². The largest absolute Gasteiger partial charge is 0.352 e. The Labute approximate surface area is 163 Å². The molecule has 1 heterocycles. The highest BCUT2D eigenvalue weighted by molar-refractivity contribution is 7.89. The van der Waals surface area contributed by atoms with Gasteiger partial charge >= 0.3 is 0 Å². The van der Waals surface area contributed by atoms with E-state index in [-0.39, 0.29) is 17.3 Å². The summed E-state index contributed by atoms with van der Waals surface area (Å²) < 4.78 is 39.9. The number of sulfonamides is 1. The molecule has 1 aliphatic rings. The van der Waals surface area contributed by atoms with E-state index in [1.54, 1.807) is 6.07 Å². The number of hydrogen-bond acceptors (Lipinski definition) is 3. The van der Waals surface area contributed by atoms with Crippen LogP contribution in [0.3, 0.4) is 0 Å². The Morgan fingerprint density at radius 2 is 1.89 bits per heavy atom. The molecular weight excluding hydrogens is 391 g/mol. The maximum atomic E-state index is 13.1. The molecule has 0 radical (unpaired) electrons. The minimum atomic E-state index is -3.75. The Kier molecular flexibility index (Phi) is 6.14. The highest BCUT2D eigenvalue weighted by Crippen LogP contribution is 2.24. The minimum absolute atomic E-state index is 0.0287. The van der Waals surface area contributed by atoms with Crippen molar-refractivity contribution in [3.05, 3.63) is 64.9 Å². The first-order chi connectivity index (χ1) is 12.9. The number of halogens is 2. The molecule has 1 fully saturated rings. The van der Waals surface area contributed by atoms with Crippen LogP contribution in [-0.2, 0) is 21.4 Å². The van der Waals surface area contributed by atoms with E-state index in [4.69, 9.17) is 11.6 Å². The van der Waals surface area contributed by atoms with Gasteiger partial charge in [-0.15, -0.1) is 0 Å². The van der Waals surface area contributed by atoms with Gasteiger partial charge < -0.3 is 5.32 Å². The van der Waals surface area contributed by atoms with Gasteiger partial charge in [0.05, 0.1) is 10.8 Å². The van der Waals surface area contributed by atoms with Gasteiger partial charge in [0.2, 0.25) is 15.9 Å². The number of carbonyl (C=O) groups excluding carboxylic acids is 1. The fourth-order valence-electron chi connectivity index (χ4n) is 3.10. The van der Waals surface area contributed by atoms with Gasteiger partial charge in [-0.1, -0.05) is 29.8 Å². The lowest BCUT2D eigenvalue weighted by Gasteiger charge is -2.31. The molecule has 1 saturated heterocycles. The van der Waals surface area contributed by atoms with Gasteiger partial charge in [0, 0.05) is 24.7 Å². The number of carbonyl (C=O) groups is 1. The third kappa shape index (κ3) is 4.66. The maximum Gasteiger partial charge on any atom is 0.243 e. The van der Waals surface area contributed by atoms with Crippen molar-refractivity contribution >= 4 is 27.5 Å². The standard InChI is InChI=1S/C19H20ClFN2O3S/c20-18-6-2-1-4-14(18)12-22-19(24)15-5-3-11-23(13-15)27(25,26)17-9-7-16(21)8-10-17/h1-2,4,6-10,15H,3,5,11-13H2,(H,22,24). The smallest absolute Gasteiger partial charge is 0.243 e. The summed E-state index contributed by atoms with van der Waals surface area (Å²) in [5, 5.41) is 3.41. The lowest BCUT2D eigenvalue weighted by molar-refractivity contribution is -0.126. The third-order valence-corrected chi connectivity index (χ3v) is 6.87. The van der Waals surface area contributed by atoms with E-state index < -0.39 is 21.8 Å². The molecule has 0 bridgehead atoms. The molecule has 1 atom stereocenters. The molecule has 1 amide bonds. The van der Waals surface area contributed by atoms with E-state index >= 15 is 0 Å². The lowest BCUT2D eigenvalue weighted by atomic mass is 9.99. The summed E-state index contributed by atoms with van der Waals surface area (Å²) >= 11 is 6.09. The molecule has 1 unspecified atom stereocenters. The molecule has 5 nitrogen and oxygen atoms in total. The van der Waals surface area contributed by atoms with Crippen LogP contribution in [0.15, 0.2) is 53.4 Å². The zero-order valence-corrected chi connectivity index (χ0v) is 16.1. The Bertz CT molecular complexity index is 919. The van der Waals surface area contributed by atoms with Crippen molar-refractivity contribution in [1.82, 2.24) is 9.62 Å². The van der Waals surface area contributed by atoms with Crippen molar-refractivity contribution in [2.24, 2.45) is 5.92 Å². The number of nitrogens with one attached hydrogen (secondary N) is 1. The summed E-state index contributed by atoms with van der Waals surface area (Å²) in [6, 6.07) is 11.9. The molecule has 27 heavy (non-hydrogen) atoms. The predicted octanol–water partition coefficient (Wildman–Crippen LogP) is 3.20. The van der Waals surface area contributed by atoms with Crippen molar-refractivity contribution in [3.63, 3.8) is 0 Å². The molecule has 8 heteroatoms. The molecule has 0 saturated carbocycles. The van der Waals surface area contributed by atoms with Crippen LogP contribution in [0, 0.1) is 11.7 Å². The Balaban J connectivity index is 1.65. The molecule has 2 aromatic carbocycles. The number of benzene rings is 2. The molecule has 144 valence electrons. The van der Waals surface area contributed by atoms with Crippen LogP contribution in [0.5, 0.6) is 0 Å². The second-order valence-corrected chi connectivity index (χ2v) is 8.81. The number of amides is 1. The lowest BCUT2D eigenvalue weighted by Crippen LogP contribution is -2.45. The predicted molar refractivity (Wildman–Crippen MR) is 101 cm³/mol. The zero-order chi connectivity index (χ0) is 19.4. The highest BCUT2D eigenvalue weighted by Gasteiger charge is 2.33. The molecule has 2 aromatic rings. The molecular formula is C19H20ClFN2O3S. The van der Waals surface area contributed by atoms with E-state index in [9.17, 15) is 17.6 Å². The number of piperidine rings is 1. The minimum Gasteiger partial charge on any atom is -0.352 e. The average molecular weight is 411 g/mol. The first-order valence-electron chi connectivity index (χ1n) is 8.65. The SMILES string of the molecule is O=C(NCc1ccccc1Cl)C1CCCN(S(=O)(=O)c2ccc(F)cc2)C1. The van der Waals surface area contributed by atoms with Crippen LogP contribution < -0.4 is 5.32 Å². The maximum absolute atomic E-state index is 13.1. The zero-order valence-electron chi connectivity index (χ0n) is 14.6. The summed E-state index contributed by atoms with van der Waals surface area (Å²) in [7, 11) is -3.75. The molecule has 0 aliphatic carbocycles. The fraction of sp³-hybridized carbons (Fsp3) is 0.316. The highest BCUT2D eigenvalue weighted by atomic mass is 35.5. The summed E-state index contributed by atoms with van der Waals surface area (Å²) in [5.41, 5.74) is 0.805. The summed E-state index contributed by atoms with van der Waals surface area (Å²) in [5.74, 6) is -1.13. The van der Waals surface area contributed by atoms with Crippen molar-refractivity contribution in [2.75, 3.05) is 13.1 Å². The summed E-state index contributed by atoms with van der Waals surface area (Å²) in [4.78, 5) is 12.5. The number of nitrogens with zero attached hydrogens (tertiary/aromatic N) is 1. The van der Waals surface area contributed by atoms with Gasteiger partial charge in [-0.05, 0) is 48.7 Å². The Morgan fingerprint density at radius 1 is 1.19 bits per heavy atom. The summed E-state index contributed by atoms with van der Waals surface area (Å²) in [6.45, 7) is 0.738. The van der Waals surface area contributed by atoms with Gasteiger partial charge in [-0.3, -0.25) is 4.79 Å². The van der Waals surface area contributed by atoms with Crippen LogP contribution >= 0.6 is 11.6 Å². The van der Waals surface area contributed by atoms with Crippen LogP contribution in [0.25, 0.3) is 0 Å². The normalized spacial score (nSPS) is 18.2. The van der Waals surface area contributed by atoms with E-state index in [2.05, 4.69) is 5.32 Å². The second kappa shape index (κ2) is 8.37. The third-order valence-electron chi connectivity index (χ3n) is 4.62. The van der Waals surface area contributed by atoms with Crippen molar-refractivity contribution in [2.45, 2.75) is 24.3 Å². The van der Waals surface area contributed by atoms with E-state index in [1.807, 2.05) is 18.2 Å². The van der Waals surface area contributed by atoms with Crippen LogP contribution in [-0.4, -0.2) is 31.7 Å². The van der Waals surface area contributed by atoms with Gasteiger partial charge in [-0.2, -0.15) is 4.31 Å². The molecule has 0 spiro atoms. The molecule has 0 aromatic heterocycles. The first-order valence-corrected chi connectivity index (χ1v) is 10.5. The molecule has 1 N–H and O–H groups in total. The van der Waals surface area contributed by atoms with Gasteiger partial charge in [-0.25, -0.2) is 12.8 Å². The van der Waals surface area contributed by atoms with E-state index in [0.29, 0.717) is 31.0 Å². The van der Waals surface area contributed by atoms with Gasteiger partial charge in [0.25, 0.3) is 0 Å². The van der Waals surface area contributed by atoms with Crippen LogP contribution in [0.2, 0.25) is 5.02 Å². The average Bonchev–Trinajstić information content (AvgIpc) is 2.67. The fourth-order valence-corrected chi connectivity index (χ4v) is 4.83. The van der Waals surface area contributed by atoms with Crippen molar-refractivity contribution in [3.8, 4) is 0 Å². The van der Waals surface area contributed by atoms with Crippen LogP contribution in [0.4, 0.5) is 4.39 Å². The molecule has 3 rings (SSSR count). The summed E-state index contributed by atoms with van der Waals surface area (Å²) in [6.07, 6.45) is 1.20. The van der Waals surface area contributed by atoms with Crippen LogP contribution in [0.1, 0.15) is 18.4 Å². The van der Waals surface area contributed by atoms with Crippen molar-refractivity contribution in [1.29, 1.82) is 0 Å². The van der Waals surface area contributed by atoms with Gasteiger partial charge in [0.1, 0.15) is 5.82 Å².